The van der Waals surface area contributed by atoms with Gasteiger partial charge in [-0.05, 0) is 67.1 Å². The first-order chi connectivity index (χ1) is 17.0. The second kappa shape index (κ2) is 9.43. The molecule has 3 aromatic carbocycles. The molecule has 1 aliphatic rings. The van der Waals surface area contributed by atoms with Crippen LogP contribution in [-0.4, -0.2) is 19.1 Å². The van der Waals surface area contributed by atoms with Crippen molar-refractivity contribution in [3.63, 3.8) is 0 Å². The standard InChI is InChI=1S/C28H22BrNO5/c1-3-15-34-21-10-5-17(6-11-21)25-24-26(31)22-16-18(29)7-14-23(22)35-27(24)28(32)30(25)19-8-12-20(13-9-19)33-4-2/h3,5-14,16,25H,1,4,15H2,2H3. The van der Waals surface area contributed by atoms with E-state index in [2.05, 4.69) is 22.5 Å². The van der Waals surface area contributed by atoms with Crippen LogP contribution in [0.15, 0.2) is 93.1 Å². The molecule has 1 aromatic heterocycles. The van der Waals surface area contributed by atoms with Crippen LogP contribution in [0.25, 0.3) is 11.0 Å². The van der Waals surface area contributed by atoms with Gasteiger partial charge in [-0.1, -0.05) is 40.7 Å². The number of carbonyl (C=O) groups excluding carboxylic acids is 1. The van der Waals surface area contributed by atoms with Gasteiger partial charge in [0.15, 0.2) is 5.43 Å². The number of anilines is 1. The molecule has 0 aliphatic carbocycles. The second-order valence-electron chi connectivity index (χ2n) is 7.99. The third-order valence-electron chi connectivity index (χ3n) is 5.82. The van der Waals surface area contributed by atoms with Gasteiger partial charge < -0.3 is 13.9 Å². The number of nitrogens with zero attached hydrogens (tertiary/aromatic N) is 1. The lowest BCUT2D eigenvalue weighted by atomic mass is 9.98. The molecule has 1 unspecified atom stereocenters. The first-order valence-corrected chi connectivity index (χ1v) is 12.0. The van der Waals surface area contributed by atoms with Crippen molar-refractivity contribution in [3.05, 3.63) is 111 Å². The van der Waals surface area contributed by atoms with Crippen molar-refractivity contribution >= 4 is 38.5 Å². The number of ether oxygens (including phenoxy) is 2. The van der Waals surface area contributed by atoms with Crippen LogP contribution < -0.4 is 19.8 Å². The molecule has 0 N–H and O–H groups in total. The van der Waals surface area contributed by atoms with E-state index in [4.69, 9.17) is 13.9 Å². The van der Waals surface area contributed by atoms with Crippen LogP contribution in [-0.2, 0) is 0 Å². The number of hydrogen-bond acceptors (Lipinski definition) is 5. The van der Waals surface area contributed by atoms with Gasteiger partial charge in [0.1, 0.15) is 23.7 Å². The predicted molar refractivity (Wildman–Crippen MR) is 139 cm³/mol. The molecular formula is C28H22BrNO5. The topological polar surface area (TPSA) is 69.0 Å². The Morgan fingerprint density at radius 2 is 1.69 bits per heavy atom. The summed E-state index contributed by atoms with van der Waals surface area (Å²) in [5.41, 5.74) is 1.84. The number of rotatable bonds is 7. The molecule has 0 radical (unpaired) electrons. The molecule has 176 valence electrons. The Morgan fingerprint density at radius 3 is 2.37 bits per heavy atom. The van der Waals surface area contributed by atoms with Crippen molar-refractivity contribution in [2.24, 2.45) is 0 Å². The minimum Gasteiger partial charge on any atom is -0.494 e. The monoisotopic (exact) mass is 531 g/mol. The summed E-state index contributed by atoms with van der Waals surface area (Å²) in [7, 11) is 0. The largest absolute Gasteiger partial charge is 0.494 e. The SMILES string of the molecule is C=CCOc1ccc(C2c3c(oc4ccc(Br)cc4c3=O)C(=O)N2c2ccc(OCC)cc2)cc1. The molecule has 35 heavy (non-hydrogen) atoms. The third kappa shape index (κ3) is 4.12. The van der Waals surface area contributed by atoms with Crippen LogP contribution in [0, 0.1) is 0 Å². The zero-order valence-corrected chi connectivity index (χ0v) is 20.6. The molecule has 0 fully saturated rings. The molecule has 1 aliphatic heterocycles. The van der Waals surface area contributed by atoms with Crippen LogP contribution >= 0.6 is 15.9 Å². The summed E-state index contributed by atoms with van der Waals surface area (Å²) in [4.78, 5) is 29.0. The van der Waals surface area contributed by atoms with E-state index in [-0.39, 0.29) is 17.1 Å². The minimum atomic E-state index is -0.663. The van der Waals surface area contributed by atoms with Crippen molar-refractivity contribution in [1.29, 1.82) is 0 Å². The van der Waals surface area contributed by atoms with E-state index in [0.717, 1.165) is 10.0 Å². The molecule has 6 nitrogen and oxygen atoms in total. The molecule has 0 saturated heterocycles. The van der Waals surface area contributed by atoms with Crippen LogP contribution in [0.1, 0.15) is 34.6 Å². The molecule has 0 bridgehead atoms. The molecule has 5 rings (SSSR count). The smallest absolute Gasteiger partial charge is 0.295 e. The summed E-state index contributed by atoms with van der Waals surface area (Å²) in [6, 6.07) is 19.1. The van der Waals surface area contributed by atoms with E-state index in [0.29, 0.717) is 46.9 Å². The lowest BCUT2D eigenvalue weighted by Gasteiger charge is -2.25. The fraction of sp³-hybridized carbons (Fsp3) is 0.143. The van der Waals surface area contributed by atoms with Crippen molar-refractivity contribution < 1.29 is 18.7 Å². The highest BCUT2D eigenvalue weighted by molar-refractivity contribution is 9.10. The Bertz CT molecular complexity index is 1470. The van der Waals surface area contributed by atoms with Gasteiger partial charge in [0.05, 0.1) is 23.6 Å². The molecule has 7 heteroatoms. The summed E-state index contributed by atoms with van der Waals surface area (Å²) in [6.07, 6.45) is 1.67. The van der Waals surface area contributed by atoms with Crippen LogP contribution in [0.2, 0.25) is 0 Å². The van der Waals surface area contributed by atoms with Gasteiger partial charge in [-0.2, -0.15) is 0 Å². The summed E-state index contributed by atoms with van der Waals surface area (Å²) in [5, 5.41) is 0.412. The quantitative estimate of drug-likeness (QED) is 0.263. The fourth-order valence-electron chi connectivity index (χ4n) is 4.30. The Balaban J connectivity index is 1.68. The van der Waals surface area contributed by atoms with Gasteiger partial charge in [-0.25, -0.2) is 0 Å². The summed E-state index contributed by atoms with van der Waals surface area (Å²) in [6.45, 7) is 6.50. The Labute approximate surface area is 210 Å². The van der Waals surface area contributed by atoms with Crippen LogP contribution in [0.4, 0.5) is 5.69 Å². The highest BCUT2D eigenvalue weighted by atomic mass is 79.9. The van der Waals surface area contributed by atoms with E-state index in [1.54, 1.807) is 41.3 Å². The van der Waals surface area contributed by atoms with E-state index in [1.807, 2.05) is 43.3 Å². The molecule has 1 atom stereocenters. The van der Waals surface area contributed by atoms with Crippen LogP contribution in [0.3, 0.4) is 0 Å². The van der Waals surface area contributed by atoms with Gasteiger partial charge >= 0.3 is 0 Å². The van der Waals surface area contributed by atoms with Gasteiger partial charge in [0, 0.05) is 10.2 Å². The van der Waals surface area contributed by atoms with E-state index >= 15 is 0 Å². The van der Waals surface area contributed by atoms with Gasteiger partial charge in [-0.15, -0.1) is 0 Å². The van der Waals surface area contributed by atoms with Gasteiger partial charge in [-0.3, -0.25) is 14.5 Å². The van der Waals surface area contributed by atoms with Crippen molar-refractivity contribution in [2.75, 3.05) is 18.1 Å². The maximum atomic E-state index is 13.7. The first-order valence-electron chi connectivity index (χ1n) is 11.2. The average Bonchev–Trinajstić information content (AvgIpc) is 3.16. The highest BCUT2D eigenvalue weighted by Crippen LogP contribution is 2.42. The predicted octanol–water partition coefficient (Wildman–Crippen LogP) is 6.27. The third-order valence-corrected chi connectivity index (χ3v) is 6.32. The average molecular weight is 532 g/mol. The number of halogens is 1. The van der Waals surface area contributed by atoms with E-state index in [1.165, 1.54) is 0 Å². The van der Waals surface area contributed by atoms with Crippen LogP contribution in [0.5, 0.6) is 11.5 Å². The maximum absolute atomic E-state index is 13.7. The summed E-state index contributed by atoms with van der Waals surface area (Å²) < 4.78 is 17.9. The van der Waals surface area contributed by atoms with E-state index < -0.39 is 6.04 Å². The normalized spacial score (nSPS) is 14.7. The summed E-state index contributed by atoms with van der Waals surface area (Å²) in [5.74, 6) is 1.05. The first kappa shape index (κ1) is 22.9. The zero-order chi connectivity index (χ0) is 24.5. The number of benzene rings is 3. The molecule has 1 amide bonds. The lowest BCUT2D eigenvalue weighted by molar-refractivity contribution is 0.0971. The van der Waals surface area contributed by atoms with E-state index in [9.17, 15) is 9.59 Å². The Hall–Kier alpha value is -3.84. The number of fused-ring (bicyclic) bond motifs is 2. The minimum absolute atomic E-state index is 0.0516. The fourth-order valence-corrected chi connectivity index (χ4v) is 4.66. The Morgan fingerprint density at radius 1 is 1.00 bits per heavy atom. The maximum Gasteiger partial charge on any atom is 0.295 e. The van der Waals surface area contributed by atoms with Gasteiger partial charge in [0.25, 0.3) is 5.91 Å². The molecule has 0 saturated carbocycles. The van der Waals surface area contributed by atoms with Crippen molar-refractivity contribution in [3.8, 4) is 11.5 Å². The van der Waals surface area contributed by atoms with Crippen molar-refractivity contribution in [2.45, 2.75) is 13.0 Å². The molecule has 4 aromatic rings. The number of hydrogen-bond donors (Lipinski definition) is 0. The number of amides is 1. The summed E-state index contributed by atoms with van der Waals surface area (Å²) >= 11 is 3.43. The highest BCUT2D eigenvalue weighted by Gasteiger charge is 2.43. The number of carbonyl (C=O) groups is 1. The molecular weight excluding hydrogens is 510 g/mol. The molecule has 0 spiro atoms. The second-order valence-corrected chi connectivity index (χ2v) is 8.90. The lowest BCUT2D eigenvalue weighted by Crippen LogP contribution is -2.29. The van der Waals surface area contributed by atoms with Crippen molar-refractivity contribution in [1.82, 2.24) is 0 Å². The Kier molecular flexibility index (Phi) is 6.17. The van der Waals surface area contributed by atoms with Gasteiger partial charge in [0.2, 0.25) is 5.76 Å². The molecule has 2 heterocycles. The zero-order valence-electron chi connectivity index (χ0n) is 19.0.